The van der Waals surface area contributed by atoms with Gasteiger partial charge in [0.2, 0.25) is 12.0 Å². The number of nitrogens with one attached hydrogen (secondary N) is 1. The number of hydrogen-bond acceptors (Lipinski definition) is 6. The molecule has 1 aromatic heterocycles. The van der Waals surface area contributed by atoms with Crippen LogP contribution in [0, 0.1) is 16.1 Å². The number of halogens is 1. The Labute approximate surface area is 131 Å². The number of pyridine rings is 1. The summed E-state index contributed by atoms with van der Waals surface area (Å²) in [4.78, 5) is 25.6. The summed E-state index contributed by atoms with van der Waals surface area (Å²) in [7, 11) is 0. The standard InChI is InChI=1S/C14H17FN4O4/c1-3-12(19(22)23)9(2)7-10(18-21)8-17-14(20)11-5-4-6-16-13(11)15/h4-7,12,21H,3,8H2,1-2H3,(H,17,20). The van der Waals surface area contributed by atoms with E-state index >= 15 is 0 Å². The molecular formula is C14H17FN4O4. The Kier molecular flexibility index (Phi) is 6.78. The van der Waals surface area contributed by atoms with E-state index in [2.05, 4.69) is 15.5 Å². The number of rotatable bonds is 7. The van der Waals surface area contributed by atoms with E-state index in [1.807, 2.05) is 0 Å². The maximum absolute atomic E-state index is 13.4. The highest BCUT2D eigenvalue weighted by molar-refractivity contribution is 6.01. The molecule has 0 radical (unpaired) electrons. The number of hydrogen-bond donors (Lipinski definition) is 2. The molecule has 0 spiro atoms. The molecule has 8 nitrogen and oxygen atoms in total. The van der Waals surface area contributed by atoms with Crippen molar-refractivity contribution in [2.75, 3.05) is 6.54 Å². The average molecular weight is 324 g/mol. The fourth-order valence-electron chi connectivity index (χ4n) is 1.93. The molecule has 0 aromatic carbocycles. The Morgan fingerprint density at radius 3 is 2.87 bits per heavy atom. The fraction of sp³-hybridized carbons (Fsp3) is 0.357. The summed E-state index contributed by atoms with van der Waals surface area (Å²) in [5.74, 6) is -1.65. The molecule has 0 saturated carbocycles. The van der Waals surface area contributed by atoms with E-state index in [1.54, 1.807) is 6.92 Å². The molecule has 0 bridgehead atoms. The molecule has 1 aromatic rings. The predicted molar refractivity (Wildman–Crippen MR) is 80.6 cm³/mol. The van der Waals surface area contributed by atoms with E-state index in [9.17, 15) is 19.3 Å². The maximum atomic E-state index is 13.4. The van der Waals surface area contributed by atoms with Crippen LogP contribution in [0.3, 0.4) is 0 Å². The normalized spacial score (nSPS) is 13.5. The summed E-state index contributed by atoms with van der Waals surface area (Å²) in [5.41, 5.74) is 0.148. The van der Waals surface area contributed by atoms with Crippen LogP contribution in [0.15, 0.2) is 35.1 Å². The number of carbonyl (C=O) groups is 1. The van der Waals surface area contributed by atoms with Crippen molar-refractivity contribution in [3.8, 4) is 0 Å². The van der Waals surface area contributed by atoms with E-state index in [1.165, 1.54) is 31.3 Å². The molecular weight excluding hydrogens is 307 g/mol. The zero-order valence-electron chi connectivity index (χ0n) is 12.7. The minimum Gasteiger partial charge on any atom is -0.411 e. The van der Waals surface area contributed by atoms with Crippen LogP contribution in [0.25, 0.3) is 0 Å². The van der Waals surface area contributed by atoms with Gasteiger partial charge in [0.1, 0.15) is 0 Å². The Bertz CT molecular complexity index is 645. The Hall–Kier alpha value is -2.84. The minimum absolute atomic E-state index is 0.0143. The van der Waals surface area contributed by atoms with Crippen molar-refractivity contribution in [2.24, 2.45) is 5.16 Å². The quantitative estimate of drug-likeness (QED) is 0.261. The highest BCUT2D eigenvalue weighted by atomic mass is 19.1. The van der Waals surface area contributed by atoms with Gasteiger partial charge in [0.25, 0.3) is 5.91 Å². The van der Waals surface area contributed by atoms with Crippen LogP contribution in [0.5, 0.6) is 0 Å². The van der Waals surface area contributed by atoms with Crippen molar-refractivity contribution >= 4 is 11.6 Å². The predicted octanol–water partition coefficient (Wildman–Crippen LogP) is 1.78. The fourth-order valence-corrected chi connectivity index (χ4v) is 1.93. The molecule has 1 unspecified atom stereocenters. The average Bonchev–Trinajstić information content (AvgIpc) is 2.51. The smallest absolute Gasteiger partial charge is 0.256 e. The van der Waals surface area contributed by atoms with Crippen LogP contribution in [0.1, 0.15) is 30.6 Å². The SMILES string of the molecule is CCC(C(C)=CC(CNC(=O)c1cccnc1F)=NO)[N+](=O)[O-]. The van der Waals surface area contributed by atoms with E-state index < -0.39 is 22.8 Å². The van der Waals surface area contributed by atoms with Crippen LogP contribution in [0.2, 0.25) is 0 Å². The van der Waals surface area contributed by atoms with Crippen molar-refractivity contribution in [2.45, 2.75) is 26.3 Å². The largest absolute Gasteiger partial charge is 0.411 e. The molecule has 0 aliphatic carbocycles. The van der Waals surface area contributed by atoms with E-state index in [-0.39, 0.29) is 24.2 Å². The van der Waals surface area contributed by atoms with E-state index in [4.69, 9.17) is 5.21 Å². The van der Waals surface area contributed by atoms with E-state index in [0.29, 0.717) is 5.57 Å². The van der Waals surface area contributed by atoms with Gasteiger partial charge in [0.05, 0.1) is 17.8 Å². The first-order valence-electron chi connectivity index (χ1n) is 6.82. The topological polar surface area (TPSA) is 118 Å². The van der Waals surface area contributed by atoms with Crippen molar-refractivity contribution in [3.63, 3.8) is 0 Å². The minimum atomic E-state index is -0.918. The third-order valence-electron chi connectivity index (χ3n) is 3.12. The lowest BCUT2D eigenvalue weighted by Crippen LogP contribution is -2.30. The van der Waals surface area contributed by atoms with Gasteiger partial charge in [-0.05, 0) is 25.1 Å². The summed E-state index contributed by atoms with van der Waals surface area (Å²) in [6, 6.07) is 1.76. The number of aromatic nitrogens is 1. The van der Waals surface area contributed by atoms with Gasteiger partial charge in [-0.1, -0.05) is 12.1 Å². The number of carbonyl (C=O) groups excluding carboxylic acids is 1. The number of oxime groups is 1. The Balaban J connectivity index is 2.77. The second kappa shape index (κ2) is 8.57. The summed E-state index contributed by atoms with van der Waals surface area (Å²) >= 11 is 0. The Morgan fingerprint density at radius 2 is 2.35 bits per heavy atom. The van der Waals surface area contributed by atoms with Gasteiger partial charge in [0.15, 0.2) is 0 Å². The lowest BCUT2D eigenvalue weighted by atomic mass is 10.1. The molecule has 1 heterocycles. The first-order valence-corrected chi connectivity index (χ1v) is 6.82. The summed E-state index contributed by atoms with van der Waals surface area (Å²) in [5, 5.41) is 25.2. The van der Waals surface area contributed by atoms with Crippen LogP contribution in [-0.4, -0.2) is 39.3 Å². The molecule has 0 aliphatic rings. The summed E-state index contributed by atoms with van der Waals surface area (Å²) < 4.78 is 13.4. The third kappa shape index (κ3) is 5.13. The zero-order valence-corrected chi connectivity index (χ0v) is 12.7. The van der Waals surface area contributed by atoms with Crippen LogP contribution >= 0.6 is 0 Å². The van der Waals surface area contributed by atoms with Gasteiger partial charge in [-0.25, -0.2) is 4.98 Å². The highest BCUT2D eigenvalue weighted by Gasteiger charge is 2.20. The van der Waals surface area contributed by atoms with Crippen molar-refractivity contribution < 1.29 is 19.3 Å². The highest BCUT2D eigenvalue weighted by Crippen LogP contribution is 2.09. The Morgan fingerprint density at radius 1 is 1.65 bits per heavy atom. The zero-order chi connectivity index (χ0) is 17.4. The van der Waals surface area contributed by atoms with Gasteiger partial charge in [0, 0.05) is 23.1 Å². The lowest BCUT2D eigenvalue weighted by molar-refractivity contribution is -0.512. The molecule has 2 N–H and O–H groups in total. The van der Waals surface area contributed by atoms with Gasteiger partial charge < -0.3 is 10.5 Å². The van der Waals surface area contributed by atoms with Gasteiger partial charge in [-0.15, -0.1) is 0 Å². The van der Waals surface area contributed by atoms with Crippen LogP contribution < -0.4 is 5.32 Å². The molecule has 1 rings (SSSR count). The molecule has 124 valence electrons. The number of nitrogens with zero attached hydrogens (tertiary/aromatic N) is 3. The monoisotopic (exact) mass is 324 g/mol. The molecule has 0 aliphatic heterocycles. The summed E-state index contributed by atoms with van der Waals surface area (Å²) in [6.45, 7) is 2.98. The van der Waals surface area contributed by atoms with Crippen LogP contribution in [-0.2, 0) is 0 Å². The lowest BCUT2D eigenvalue weighted by Gasteiger charge is -2.09. The molecule has 9 heteroatoms. The molecule has 1 atom stereocenters. The molecule has 0 fully saturated rings. The second-order valence-electron chi connectivity index (χ2n) is 4.71. The van der Waals surface area contributed by atoms with Gasteiger partial charge >= 0.3 is 0 Å². The first kappa shape index (κ1) is 18.2. The first-order chi connectivity index (χ1) is 10.9. The molecule has 23 heavy (non-hydrogen) atoms. The maximum Gasteiger partial charge on any atom is 0.256 e. The molecule has 0 saturated heterocycles. The van der Waals surface area contributed by atoms with Gasteiger partial charge in [-0.3, -0.25) is 14.9 Å². The van der Waals surface area contributed by atoms with Gasteiger partial charge in [-0.2, -0.15) is 4.39 Å². The van der Waals surface area contributed by atoms with Crippen LogP contribution in [0.4, 0.5) is 4.39 Å². The number of nitro groups is 1. The number of amides is 1. The summed E-state index contributed by atoms with van der Waals surface area (Å²) in [6.07, 6.45) is 2.81. The second-order valence-corrected chi connectivity index (χ2v) is 4.71. The van der Waals surface area contributed by atoms with E-state index in [0.717, 1.165) is 0 Å². The molecule has 1 amide bonds. The third-order valence-corrected chi connectivity index (χ3v) is 3.12. The van der Waals surface area contributed by atoms with Crippen molar-refractivity contribution in [1.29, 1.82) is 0 Å². The van der Waals surface area contributed by atoms with Crippen molar-refractivity contribution in [3.05, 3.63) is 51.6 Å². The van der Waals surface area contributed by atoms with Crippen molar-refractivity contribution in [1.82, 2.24) is 10.3 Å².